The number of hydrogen-bond acceptors (Lipinski definition) is 1. The molecule has 1 nitrogen and oxygen atoms in total. The first-order chi connectivity index (χ1) is 6.15. The zero-order valence-electron chi connectivity index (χ0n) is 7.97. The first-order valence-corrected chi connectivity index (χ1v) is 4.22. The molecule has 1 aromatic carbocycles. The number of halogens is 3. The summed E-state index contributed by atoms with van der Waals surface area (Å²) in [5.41, 5.74) is 7.29. The van der Waals surface area contributed by atoms with E-state index in [-0.39, 0.29) is 30.7 Å². The minimum atomic E-state index is -0.446. The molecule has 0 radical (unpaired) electrons. The topological polar surface area (TPSA) is 26.0 Å². The van der Waals surface area contributed by atoms with Crippen LogP contribution in [0.4, 0.5) is 8.78 Å². The van der Waals surface area contributed by atoms with E-state index in [4.69, 9.17) is 5.73 Å². The molecular weight excluding hydrogens is 208 g/mol. The van der Waals surface area contributed by atoms with E-state index in [0.29, 0.717) is 0 Å². The monoisotopic (exact) mass is 221 g/mol. The lowest BCUT2D eigenvalue weighted by molar-refractivity contribution is 0.441. The Balaban J connectivity index is 0.00000169. The molecule has 0 fully saturated rings. The van der Waals surface area contributed by atoms with Gasteiger partial charge in [-0.15, -0.1) is 12.4 Å². The lowest BCUT2D eigenvalue weighted by Gasteiger charge is -2.12. The van der Waals surface area contributed by atoms with Gasteiger partial charge in [0.05, 0.1) is 6.67 Å². The summed E-state index contributed by atoms with van der Waals surface area (Å²) in [5.74, 6) is -0.284. The zero-order valence-corrected chi connectivity index (χ0v) is 8.78. The predicted octanol–water partition coefficient (Wildman–Crippen LogP) is 2.92. The van der Waals surface area contributed by atoms with Gasteiger partial charge in [0.25, 0.3) is 0 Å². The lowest BCUT2D eigenvalue weighted by atomic mass is 10.00. The highest BCUT2D eigenvalue weighted by Gasteiger charge is 2.08. The van der Waals surface area contributed by atoms with E-state index < -0.39 is 6.67 Å². The maximum Gasteiger partial charge on any atom is 0.123 e. The molecule has 1 aromatic rings. The summed E-state index contributed by atoms with van der Waals surface area (Å²) < 4.78 is 24.7. The molecule has 4 heteroatoms. The van der Waals surface area contributed by atoms with Crippen molar-refractivity contribution in [2.24, 2.45) is 5.73 Å². The molecule has 0 unspecified atom stereocenters. The van der Waals surface area contributed by atoms with Crippen LogP contribution in [0.5, 0.6) is 0 Å². The summed E-state index contributed by atoms with van der Waals surface area (Å²) in [6.45, 7) is 1.33. The van der Waals surface area contributed by atoms with E-state index in [9.17, 15) is 8.78 Å². The van der Waals surface area contributed by atoms with Gasteiger partial charge in [-0.25, -0.2) is 4.39 Å². The minimum absolute atomic E-state index is 0. The highest BCUT2D eigenvalue weighted by Crippen LogP contribution is 2.19. The Labute approximate surface area is 88.7 Å². The molecule has 0 heterocycles. The van der Waals surface area contributed by atoms with Crippen LogP contribution in [0.1, 0.15) is 23.6 Å². The third kappa shape index (κ3) is 3.24. The number of aryl methyl sites for hydroxylation is 1. The van der Waals surface area contributed by atoms with E-state index in [1.807, 2.05) is 0 Å². The van der Waals surface area contributed by atoms with Crippen LogP contribution in [0.15, 0.2) is 18.2 Å². The van der Waals surface area contributed by atoms with E-state index in [1.54, 1.807) is 13.0 Å². The van der Waals surface area contributed by atoms with Crippen molar-refractivity contribution in [2.45, 2.75) is 19.4 Å². The van der Waals surface area contributed by atoms with Crippen LogP contribution in [-0.4, -0.2) is 6.67 Å². The zero-order chi connectivity index (χ0) is 9.84. The second-order valence-corrected chi connectivity index (χ2v) is 3.09. The summed E-state index contributed by atoms with van der Waals surface area (Å²) in [4.78, 5) is 0. The molecule has 0 aliphatic carbocycles. The van der Waals surface area contributed by atoms with E-state index in [0.717, 1.165) is 11.1 Å². The summed E-state index contributed by atoms with van der Waals surface area (Å²) in [6, 6.07) is 4.05. The molecule has 2 N–H and O–H groups in total. The van der Waals surface area contributed by atoms with Crippen molar-refractivity contribution >= 4 is 12.4 Å². The van der Waals surface area contributed by atoms with Crippen molar-refractivity contribution < 1.29 is 8.78 Å². The fourth-order valence-electron chi connectivity index (χ4n) is 1.33. The van der Waals surface area contributed by atoms with Gasteiger partial charge in [0.1, 0.15) is 5.82 Å². The summed E-state index contributed by atoms with van der Waals surface area (Å²) in [5, 5.41) is 0. The van der Waals surface area contributed by atoms with Gasteiger partial charge in [0.2, 0.25) is 0 Å². The number of alkyl halides is 1. The predicted molar refractivity (Wildman–Crippen MR) is 55.9 cm³/mol. The molecule has 14 heavy (non-hydrogen) atoms. The van der Waals surface area contributed by atoms with Gasteiger partial charge >= 0.3 is 0 Å². The Bertz CT molecular complexity index is 291. The van der Waals surface area contributed by atoms with E-state index >= 15 is 0 Å². The van der Waals surface area contributed by atoms with Gasteiger partial charge in [-0.3, -0.25) is 4.39 Å². The van der Waals surface area contributed by atoms with Gasteiger partial charge in [-0.2, -0.15) is 0 Å². The summed E-state index contributed by atoms with van der Waals surface area (Å²) in [6.07, 6.45) is 0.284. The molecule has 80 valence electrons. The molecule has 0 aliphatic rings. The van der Waals surface area contributed by atoms with E-state index in [2.05, 4.69) is 0 Å². The fourth-order valence-corrected chi connectivity index (χ4v) is 1.33. The van der Waals surface area contributed by atoms with Crippen LogP contribution >= 0.6 is 12.4 Å². The molecular formula is C10H14ClF2N. The number of hydrogen-bond donors (Lipinski definition) is 1. The molecule has 0 spiro atoms. The quantitative estimate of drug-likeness (QED) is 0.835. The highest BCUT2D eigenvalue weighted by atomic mass is 35.5. The highest BCUT2D eigenvalue weighted by molar-refractivity contribution is 5.85. The maximum atomic E-state index is 12.7. The van der Waals surface area contributed by atoms with Gasteiger partial charge in [-0.1, -0.05) is 6.07 Å². The Kier molecular flexibility index (Phi) is 5.65. The second kappa shape index (κ2) is 5.94. The largest absolute Gasteiger partial charge is 0.324 e. The van der Waals surface area contributed by atoms with Crippen molar-refractivity contribution in [1.29, 1.82) is 0 Å². The van der Waals surface area contributed by atoms with Crippen molar-refractivity contribution in [2.75, 3.05) is 6.67 Å². The normalized spacial score (nSPS) is 12.0. The molecule has 0 aliphatic heterocycles. The van der Waals surface area contributed by atoms with Crippen LogP contribution in [0.3, 0.4) is 0 Å². The lowest BCUT2D eigenvalue weighted by Crippen LogP contribution is -2.12. The van der Waals surface area contributed by atoms with Gasteiger partial charge in [0, 0.05) is 6.04 Å². The molecule has 1 rings (SSSR count). The number of nitrogens with two attached hydrogens (primary N) is 1. The summed E-state index contributed by atoms with van der Waals surface area (Å²) >= 11 is 0. The minimum Gasteiger partial charge on any atom is -0.324 e. The Morgan fingerprint density at radius 1 is 1.43 bits per heavy atom. The average molecular weight is 222 g/mol. The van der Waals surface area contributed by atoms with Crippen molar-refractivity contribution in [3.05, 3.63) is 35.1 Å². The molecule has 0 bridgehead atoms. The smallest absolute Gasteiger partial charge is 0.123 e. The maximum absolute atomic E-state index is 12.7. The Morgan fingerprint density at radius 2 is 2.07 bits per heavy atom. The van der Waals surface area contributed by atoms with Crippen LogP contribution < -0.4 is 5.73 Å². The molecule has 0 saturated carbocycles. The van der Waals surface area contributed by atoms with Gasteiger partial charge in [0.15, 0.2) is 0 Å². The van der Waals surface area contributed by atoms with Crippen LogP contribution in [0.25, 0.3) is 0 Å². The van der Waals surface area contributed by atoms with Crippen LogP contribution in [0.2, 0.25) is 0 Å². The number of rotatable bonds is 3. The van der Waals surface area contributed by atoms with Crippen molar-refractivity contribution in [3.63, 3.8) is 0 Å². The number of benzene rings is 1. The third-order valence-corrected chi connectivity index (χ3v) is 2.05. The molecule has 1 atom stereocenters. The first kappa shape index (κ1) is 13.3. The van der Waals surface area contributed by atoms with Gasteiger partial charge in [-0.05, 0) is 36.6 Å². The van der Waals surface area contributed by atoms with Crippen LogP contribution in [-0.2, 0) is 0 Å². The van der Waals surface area contributed by atoms with Crippen LogP contribution in [0, 0.1) is 12.7 Å². The third-order valence-electron chi connectivity index (χ3n) is 2.05. The molecule has 0 aromatic heterocycles. The van der Waals surface area contributed by atoms with Crippen molar-refractivity contribution in [1.82, 2.24) is 0 Å². The standard InChI is InChI=1S/C10H13F2N.ClH/c1-7-6-8(12)2-3-9(7)10(13)4-5-11;/h2-3,6,10H,4-5,13H2,1H3;1H/t10-;/m0./s1. The Hall–Kier alpha value is -0.670. The Morgan fingerprint density at radius 3 is 2.57 bits per heavy atom. The van der Waals surface area contributed by atoms with Crippen molar-refractivity contribution in [3.8, 4) is 0 Å². The molecule has 0 saturated heterocycles. The second-order valence-electron chi connectivity index (χ2n) is 3.09. The molecule has 0 amide bonds. The van der Waals surface area contributed by atoms with E-state index in [1.165, 1.54) is 12.1 Å². The fraction of sp³-hybridized carbons (Fsp3) is 0.400. The first-order valence-electron chi connectivity index (χ1n) is 4.22. The summed E-state index contributed by atoms with van der Waals surface area (Å²) in [7, 11) is 0. The van der Waals surface area contributed by atoms with Gasteiger partial charge < -0.3 is 5.73 Å². The average Bonchev–Trinajstić information content (AvgIpc) is 2.04. The SMILES string of the molecule is Cc1cc(F)ccc1[C@@H](N)CCF.Cl.